The molecule has 0 saturated carbocycles. The molecule has 0 aromatic heterocycles. The lowest BCUT2D eigenvalue weighted by Gasteiger charge is -2.04. The molecule has 0 atom stereocenters. The molecule has 1 amide bonds. The van der Waals surface area contributed by atoms with Gasteiger partial charge >= 0.3 is 0 Å². The van der Waals surface area contributed by atoms with Crippen LogP contribution in [0.15, 0.2) is 18.2 Å². The fraction of sp³-hybridized carbons (Fsp3) is 0.385. The van der Waals surface area contributed by atoms with Gasteiger partial charge in [0.1, 0.15) is 0 Å². The van der Waals surface area contributed by atoms with Crippen molar-refractivity contribution in [2.45, 2.75) is 12.8 Å². The van der Waals surface area contributed by atoms with E-state index in [1.807, 2.05) is 0 Å². The molecule has 0 spiro atoms. The van der Waals surface area contributed by atoms with Gasteiger partial charge in [0.15, 0.2) is 17.4 Å². The van der Waals surface area contributed by atoms with Gasteiger partial charge in [-0.25, -0.2) is 8.78 Å². The highest BCUT2D eigenvalue weighted by molar-refractivity contribution is 5.97. The number of carbonyl (C=O) groups excluding carboxylic acids is 2. The maximum atomic E-state index is 12.9. The molecule has 0 aliphatic carbocycles. The Labute approximate surface area is 110 Å². The number of nitrogens with one attached hydrogen (secondary N) is 2. The topological polar surface area (TPSA) is 58.2 Å². The largest absolute Gasteiger partial charge is 0.355 e. The van der Waals surface area contributed by atoms with Crippen LogP contribution in [0.1, 0.15) is 23.2 Å². The Bertz CT molecular complexity index is 464. The van der Waals surface area contributed by atoms with E-state index in [-0.39, 0.29) is 30.1 Å². The molecule has 1 aromatic carbocycles. The average Bonchev–Trinajstić information content (AvgIpc) is 2.39. The molecule has 0 unspecified atom stereocenters. The molecule has 0 fully saturated rings. The van der Waals surface area contributed by atoms with Crippen molar-refractivity contribution in [3.05, 3.63) is 35.4 Å². The molecular weight excluding hydrogens is 254 g/mol. The van der Waals surface area contributed by atoms with Gasteiger partial charge in [-0.3, -0.25) is 9.59 Å². The molecule has 1 rings (SSSR count). The fourth-order valence-electron chi connectivity index (χ4n) is 1.46. The Morgan fingerprint density at radius 3 is 2.47 bits per heavy atom. The standard InChI is InChI=1S/C13H16F2N2O2/c1-16-6-7-17-13(19)5-4-12(18)9-2-3-10(14)11(15)8-9/h2-3,8,16H,4-7H2,1H3,(H,17,19). The molecule has 0 aliphatic rings. The van der Waals surface area contributed by atoms with Gasteiger partial charge in [-0.2, -0.15) is 0 Å². The van der Waals surface area contributed by atoms with Crippen LogP contribution >= 0.6 is 0 Å². The maximum absolute atomic E-state index is 12.9. The number of amides is 1. The number of hydrogen-bond acceptors (Lipinski definition) is 3. The first-order valence-corrected chi connectivity index (χ1v) is 5.94. The van der Waals surface area contributed by atoms with Crippen molar-refractivity contribution in [3.8, 4) is 0 Å². The van der Waals surface area contributed by atoms with Crippen molar-refractivity contribution >= 4 is 11.7 Å². The monoisotopic (exact) mass is 270 g/mol. The summed E-state index contributed by atoms with van der Waals surface area (Å²) in [6, 6.07) is 2.95. The molecule has 6 heteroatoms. The highest BCUT2D eigenvalue weighted by Gasteiger charge is 2.11. The van der Waals surface area contributed by atoms with E-state index in [1.165, 1.54) is 6.07 Å². The lowest BCUT2D eigenvalue weighted by atomic mass is 10.1. The molecule has 0 heterocycles. The minimum atomic E-state index is -1.07. The Hall–Kier alpha value is -1.82. The number of benzene rings is 1. The number of hydrogen-bond donors (Lipinski definition) is 2. The maximum Gasteiger partial charge on any atom is 0.220 e. The van der Waals surface area contributed by atoms with E-state index in [2.05, 4.69) is 10.6 Å². The SMILES string of the molecule is CNCCNC(=O)CCC(=O)c1ccc(F)c(F)c1. The third-order valence-electron chi connectivity index (χ3n) is 2.52. The van der Waals surface area contributed by atoms with Crippen LogP contribution in [-0.2, 0) is 4.79 Å². The van der Waals surface area contributed by atoms with E-state index in [0.29, 0.717) is 13.1 Å². The van der Waals surface area contributed by atoms with Gasteiger partial charge in [0.05, 0.1) is 0 Å². The van der Waals surface area contributed by atoms with Gasteiger partial charge in [0, 0.05) is 31.5 Å². The zero-order valence-electron chi connectivity index (χ0n) is 10.6. The molecular formula is C13H16F2N2O2. The van der Waals surface area contributed by atoms with Gasteiger partial charge in [0.2, 0.25) is 5.91 Å². The minimum Gasteiger partial charge on any atom is -0.355 e. The molecule has 19 heavy (non-hydrogen) atoms. The van der Waals surface area contributed by atoms with Crippen LogP contribution < -0.4 is 10.6 Å². The van der Waals surface area contributed by atoms with Crippen LogP contribution in [0, 0.1) is 11.6 Å². The predicted octanol–water partition coefficient (Wildman–Crippen LogP) is 1.26. The Kier molecular flexibility index (Phi) is 6.08. The van der Waals surface area contributed by atoms with E-state index in [9.17, 15) is 18.4 Å². The summed E-state index contributed by atoms with van der Waals surface area (Å²) in [6.07, 6.45) is -0.00198. The summed E-state index contributed by atoms with van der Waals surface area (Å²) in [5.41, 5.74) is 0.0712. The third kappa shape index (κ3) is 5.13. The highest BCUT2D eigenvalue weighted by atomic mass is 19.2. The fourth-order valence-corrected chi connectivity index (χ4v) is 1.46. The summed E-state index contributed by atoms with van der Waals surface area (Å²) in [5, 5.41) is 5.49. The smallest absolute Gasteiger partial charge is 0.220 e. The molecule has 0 bridgehead atoms. The second kappa shape index (κ2) is 7.58. The first-order valence-electron chi connectivity index (χ1n) is 5.94. The molecule has 0 aliphatic heterocycles. The molecule has 0 saturated heterocycles. The van der Waals surface area contributed by atoms with E-state index < -0.39 is 11.6 Å². The number of carbonyl (C=O) groups is 2. The second-order valence-corrected chi connectivity index (χ2v) is 4.01. The van der Waals surface area contributed by atoms with Gasteiger partial charge in [-0.05, 0) is 25.2 Å². The number of ketones is 1. The van der Waals surface area contributed by atoms with Crippen LogP contribution in [0.4, 0.5) is 8.78 Å². The number of likely N-dealkylation sites (N-methyl/N-ethyl adjacent to an activating group) is 1. The van der Waals surface area contributed by atoms with Gasteiger partial charge in [-0.1, -0.05) is 0 Å². The summed E-state index contributed by atoms with van der Waals surface area (Å²) in [5.74, 6) is -2.69. The lowest BCUT2D eigenvalue weighted by molar-refractivity contribution is -0.121. The van der Waals surface area contributed by atoms with Crippen molar-refractivity contribution in [1.29, 1.82) is 0 Å². The zero-order chi connectivity index (χ0) is 14.3. The summed E-state index contributed by atoms with van der Waals surface area (Å²) >= 11 is 0. The van der Waals surface area contributed by atoms with Crippen LogP contribution in [0.5, 0.6) is 0 Å². The van der Waals surface area contributed by atoms with Crippen molar-refractivity contribution < 1.29 is 18.4 Å². The van der Waals surface area contributed by atoms with Crippen molar-refractivity contribution in [2.24, 2.45) is 0 Å². The zero-order valence-corrected chi connectivity index (χ0v) is 10.6. The molecule has 1 aromatic rings. The molecule has 104 valence electrons. The second-order valence-electron chi connectivity index (χ2n) is 4.01. The summed E-state index contributed by atoms with van der Waals surface area (Å²) in [7, 11) is 1.76. The number of rotatable bonds is 7. The van der Waals surface area contributed by atoms with Crippen molar-refractivity contribution in [1.82, 2.24) is 10.6 Å². The van der Waals surface area contributed by atoms with E-state index in [4.69, 9.17) is 0 Å². The van der Waals surface area contributed by atoms with Gasteiger partial charge in [-0.15, -0.1) is 0 Å². The quantitative estimate of drug-likeness (QED) is 0.579. The van der Waals surface area contributed by atoms with E-state index >= 15 is 0 Å². The van der Waals surface area contributed by atoms with Crippen LogP contribution in [-0.4, -0.2) is 31.8 Å². The van der Waals surface area contributed by atoms with Crippen LogP contribution in [0.3, 0.4) is 0 Å². The van der Waals surface area contributed by atoms with E-state index in [1.54, 1.807) is 7.05 Å². The molecule has 2 N–H and O–H groups in total. The minimum absolute atomic E-state index is 0.0293. The van der Waals surface area contributed by atoms with Gasteiger partial charge in [0.25, 0.3) is 0 Å². The van der Waals surface area contributed by atoms with Crippen molar-refractivity contribution in [3.63, 3.8) is 0 Å². The number of halogens is 2. The summed E-state index contributed by atoms with van der Waals surface area (Å²) in [4.78, 5) is 23.0. The first-order chi connectivity index (χ1) is 9.04. The van der Waals surface area contributed by atoms with Crippen LogP contribution in [0.25, 0.3) is 0 Å². The third-order valence-corrected chi connectivity index (χ3v) is 2.52. The molecule has 0 radical (unpaired) electrons. The Balaban J connectivity index is 2.42. The molecule has 4 nitrogen and oxygen atoms in total. The first kappa shape index (κ1) is 15.2. The summed E-state index contributed by atoms with van der Waals surface area (Å²) in [6.45, 7) is 1.12. The van der Waals surface area contributed by atoms with E-state index in [0.717, 1.165) is 12.1 Å². The Morgan fingerprint density at radius 2 is 1.84 bits per heavy atom. The van der Waals surface area contributed by atoms with Crippen molar-refractivity contribution in [2.75, 3.05) is 20.1 Å². The van der Waals surface area contributed by atoms with Crippen LogP contribution in [0.2, 0.25) is 0 Å². The number of Topliss-reactive ketones (excluding diaryl/α,β-unsaturated/α-hetero) is 1. The Morgan fingerprint density at radius 1 is 1.11 bits per heavy atom. The normalized spacial score (nSPS) is 10.3. The predicted molar refractivity (Wildman–Crippen MR) is 66.9 cm³/mol. The highest BCUT2D eigenvalue weighted by Crippen LogP contribution is 2.11. The summed E-state index contributed by atoms with van der Waals surface area (Å²) < 4.78 is 25.6. The lowest BCUT2D eigenvalue weighted by Crippen LogP contribution is -2.30. The average molecular weight is 270 g/mol. The van der Waals surface area contributed by atoms with Gasteiger partial charge < -0.3 is 10.6 Å².